The van der Waals surface area contributed by atoms with Gasteiger partial charge in [-0.1, -0.05) is 0 Å². The molecule has 1 saturated heterocycles. The van der Waals surface area contributed by atoms with Crippen LogP contribution >= 0.6 is 0 Å². The molecule has 1 aliphatic heterocycles. The third-order valence-corrected chi connectivity index (χ3v) is 4.82. The number of imidazole rings is 1. The molecule has 8 heteroatoms. The molecule has 0 spiro atoms. The van der Waals surface area contributed by atoms with E-state index in [1.54, 1.807) is 4.90 Å². The van der Waals surface area contributed by atoms with Crippen LogP contribution in [0.4, 0.5) is 13.2 Å². The fraction of sp³-hybridized carbons (Fsp3) is 0.733. The Balaban J connectivity index is 1.71. The standard InChI is InChI=1S/C15H20F3N3O2/c16-15(17,18)11-8-19-12(20-11)10-4-3-7-21(9-10)13(22)14(23)5-1-2-6-14/h8,10,23H,1-7,9H2,(H,19,20). The monoisotopic (exact) mass is 331 g/mol. The summed E-state index contributed by atoms with van der Waals surface area (Å²) in [7, 11) is 0. The smallest absolute Gasteiger partial charge is 0.380 e. The highest BCUT2D eigenvalue weighted by Gasteiger charge is 2.43. The maximum Gasteiger partial charge on any atom is 0.432 e. The maximum absolute atomic E-state index is 12.7. The fourth-order valence-corrected chi connectivity index (χ4v) is 3.54. The van der Waals surface area contributed by atoms with Gasteiger partial charge in [0.05, 0.1) is 6.20 Å². The Morgan fingerprint density at radius 2 is 2.04 bits per heavy atom. The minimum absolute atomic E-state index is 0.256. The summed E-state index contributed by atoms with van der Waals surface area (Å²) in [6.45, 7) is 0.830. The minimum atomic E-state index is -4.45. The number of piperidine rings is 1. The average molecular weight is 331 g/mol. The molecule has 1 saturated carbocycles. The molecule has 2 fully saturated rings. The number of hydrogen-bond acceptors (Lipinski definition) is 3. The van der Waals surface area contributed by atoms with Crippen molar-refractivity contribution in [1.29, 1.82) is 0 Å². The van der Waals surface area contributed by atoms with E-state index < -0.39 is 17.5 Å². The first-order valence-corrected chi connectivity index (χ1v) is 7.93. The Kier molecular flexibility index (Phi) is 4.12. The first-order valence-electron chi connectivity index (χ1n) is 7.93. The van der Waals surface area contributed by atoms with E-state index in [2.05, 4.69) is 9.97 Å². The number of rotatable bonds is 2. The van der Waals surface area contributed by atoms with Crippen LogP contribution in [0.3, 0.4) is 0 Å². The van der Waals surface area contributed by atoms with Crippen molar-refractivity contribution in [1.82, 2.24) is 14.9 Å². The number of alkyl halides is 3. The lowest BCUT2D eigenvalue weighted by Gasteiger charge is -2.36. The van der Waals surface area contributed by atoms with E-state index in [9.17, 15) is 23.1 Å². The normalized spacial score (nSPS) is 24.9. The number of nitrogens with one attached hydrogen (secondary N) is 1. The quantitative estimate of drug-likeness (QED) is 0.874. The summed E-state index contributed by atoms with van der Waals surface area (Å²) < 4.78 is 38.0. The van der Waals surface area contributed by atoms with Gasteiger partial charge in [-0.25, -0.2) is 4.98 Å². The Bertz CT molecular complexity index is 579. The Morgan fingerprint density at radius 1 is 1.35 bits per heavy atom. The number of aromatic amines is 1. The first-order chi connectivity index (χ1) is 10.8. The molecule has 0 radical (unpaired) electrons. The van der Waals surface area contributed by atoms with Gasteiger partial charge in [0.15, 0.2) is 0 Å². The summed E-state index contributed by atoms with van der Waals surface area (Å²) >= 11 is 0. The largest absolute Gasteiger partial charge is 0.432 e. The van der Waals surface area contributed by atoms with Crippen molar-refractivity contribution in [2.45, 2.75) is 56.2 Å². The number of nitrogens with zero attached hydrogens (tertiary/aromatic N) is 2. The second-order valence-electron chi connectivity index (χ2n) is 6.51. The van der Waals surface area contributed by atoms with Crippen LogP contribution in [-0.2, 0) is 11.0 Å². The highest BCUT2D eigenvalue weighted by Crippen LogP contribution is 2.34. The van der Waals surface area contributed by atoms with Crippen LogP contribution in [0.15, 0.2) is 6.20 Å². The van der Waals surface area contributed by atoms with E-state index in [1.807, 2.05) is 0 Å². The van der Waals surface area contributed by atoms with Crippen molar-refractivity contribution in [3.63, 3.8) is 0 Å². The number of aromatic nitrogens is 2. The molecule has 1 aromatic heterocycles. The molecular weight excluding hydrogens is 311 g/mol. The van der Waals surface area contributed by atoms with Gasteiger partial charge in [-0.3, -0.25) is 4.79 Å². The predicted molar refractivity (Wildman–Crippen MR) is 75.6 cm³/mol. The van der Waals surface area contributed by atoms with Gasteiger partial charge in [0.2, 0.25) is 0 Å². The lowest BCUT2D eigenvalue weighted by Crippen LogP contribution is -2.50. The van der Waals surface area contributed by atoms with Gasteiger partial charge >= 0.3 is 6.18 Å². The molecule has 1 aromatic rings. The van der Waals surface area contributed by atoms with Gasteiger partial charge in [-0.05, 0) is 38.5 Å². The molecule has 1 atom stereocenters. The van der Waals surface area contributed by atoms with E-state index >= 15 is 0 Å². The van der Waals surface area contributed by atoms with Gasteiger partial charge in [-0.15, -0.1) is 0 Å². The van der Waals surface area contributed by atoms with Crippen molar-refractivity contribution >= 4 is 5.91 Å². The lowest BCUT2D eigenvalue weighted by molar-refractivity contribution is -0.152. The number of H-pyrrole nitrogens is 1. The van der Waals surface area contributed by atoms with Crippen LogP contribution < -0.4 is 0 Å². The van der Waals surface area contributed by atoms with Crippen molar-refractivity contribution in [3.05, 3.63) is 17.7 Å². The zero-order valence-corrected chi connectivity index (χ0v) is 12.7. The minimum Gasteiger partial charge on any atom is -0.380 e. The van der Waals surface area contributed by atoms with Crippen molar-refractivity contribution in [2.24, 2.45) is 0 Å². The summed E-state index contributed by atoms with van der Waals surface area (Å²) in [4.78, 5) is 20.3. The van der Waals surface area contributed by atoms with Crippen LogP contribution in [0.25, 0.3) is 0 Å². The molecule has 2 heterocycles. The van der Waals surface area contributed by atoms with Gasteiger partial charge in [0.25, 0.3) is 5.91 Å². The Morgan fingerprint density at radius 3 is 2.65 bits per heavy atom. The SMILES string of the molecule is O=C(N1CCCC(c2ncc(C(F)(F)F)[nH]2)C1)C1(O)CCCC1. The zero-order valence-electron chi connectivity index (χ0n) is 12.7. The summed E-state index contributed by atoms with van der Waals surface area (Å²) in [6, 6.07) is 0. The first kappa shape index (κ1) is 16.3. The van der Waals surface area contributed by atoms with Crippen molar-refractivity contribution < 1.29 is 23.1 Å². The number of aliphatic hydroxyl groups is 1. The fourth-order valence-electron chi connectivity index (χ4n) is 3.54. The number of carbonyl (C=O) groups is 1. The highest BCUT2D eigenvalue weighted by atomic mass is 19.4. The van der Waals surface area contributed by atoms with Crippen LogP contribution in [-0.4, -0.2) is 44.6 Å². The Labute approximate surface area is 131 Å². The molecule has 3 rings (SSSR count). The molecule has 0 bridgehead atoms. The summed E-state index contributed by atoms with van der Waals surface area (Å²) in [5.74, 6) is -0.288. The maximum atomic E-state index is 12.7. The average Bonchev–Trinajstić information content (AvgIpc) is 3.16. The number of amides is 1. The van der Waals surface area contributed by atoms with E-state index in [-0.39, 0.29) is 17.6 Å². The zero-order chi connectivity index (χ0) is 16.7. The molecular formula is C15H20F3N3O2. The molecule has 5 nitrogen and oxygen atoms in total. The molecule has 2 aliphatic rings. The van der Waals surface area contributed by atoms with Crippen LogP contribution in [0.5, 0.6) is 0 Å². The third-order valence-electron chi connectivity index (χ3n) is 4.82. The van der Waals surface area contributed by atoms with Gasteiger partial charge < -0.3 is 15.0 Å². The van der Waals surface area contributed by atoms with Crippen LogP contribution in [0, 0.1) is 0 Å². The topological polar surface area (TPSA) is 69.2 Å². The number of likely N-dealkylation sites (tertiary alicyclic amines) is 1. The van der Waals surface area contributed by atoms with Gasteiger partial charge in [0, 0.05) is 19.0 Å². The number of carbonyl (C=O) groups excluding carboxylic acids is 1. The van der Waals surface area contributed by atoms with Crippen molar-refractivity contribution in [3.8, 4) is 0 Å². The second kappa shape index (κ2) is 5.81. The van der Waals surface area contributed by atoms with Crippen molar-refractivity contribution in [2.75, 3.05) is 13.1 Å². The third kappa shape index (κ3) is 3.22. The molecule has 1 amide bonds. The molecule has 0 aromatic carbocycles. The van der Waals surface area contributed by atoms with E-state index in [4.69, 9.17) is 0 Å². The number of hydrogen-bond donors (Lipinski definition) is 2. The predicted octanol–water partition coefficient (Wildman–Crippen LogP) is 2.44. The summed E-state index contributed by atoms with van der Waals surface area (Å²) in [5, 5.41) is 10.4. The molecule has 1 aliphatic carbocycles. The second-order valence-corrected chi connectivity index (χ2v) is 6.51. The van der Waals surface area contributed by atoms with E-state index in [0.717, 1.165) is 19.0 Å². The summed E-state index contributed by atoms with van der Waals surface area (Å²) in [5.41, 5.74) is -2.16. The van der Waals surface area contributed by atoms with E-state index in [0.29, 0.717) is 38.8 Å². The van der Waals surface area contributed by atoms with Gasteiger partial charge in [-0.2, -0.15) is 13.2 Å². The van der Waals surface area contributed by atoms with E-state index in [1.165, 1.54) is 0 Å². The number of halogens is 3. The summed E-state index contributed by atoms with van der Waals surface area (Å²) in [6.07, 6.45) is 0.286. The molecule has 2 N–H and O–H groups in total. The molecule has 1 unspecified atom stereocenters. The molecule has 23 heavy (non-hydrogen) atoms. The lowest BCUT2D eigenvalue weighted by atomic mass is 9.94. The van der Waals surface area contributed by atoms with Crippen LogP contribution in [0.1, 0.15) is 56.0 Å². The van der Waals surface area contributed by atoms with Gasteiger partial charge in [0.1, 0.15) is 17.1 Å². The van der Waals surface area contributed by atoms with Crippen LogP contribution in [0.2, 0.25) is 0 Å². The molecule has 128 valence electrons. The highest BCUT2D eigenvalue weighted by molar-refractivity contribution is 5.85. The Hall–Kier alpha value is -1.57.